The second-order valence-electron chi connectivity index (χ2n) is 3.98. The summed E-state index contributed by atoms with van der Waals surface area (Å²) < 4.78 is 6.37. The van der Waals surface area contributed by atoms with Crippen molar-refractivity contribution in [3.05, 3.63) is 28.9 Å². The molecule has 0 radical (unpaired) electrons. The smallest absolute Gasteiger partial charge is 0.170 e. The highest BCUT2D eigenvalue weighted by molar-refractivity contribution is 9.10. The van der Waals surface area contributed by atoms with Crippen LogP contribution < -0.4 is 10.2 Å². The van der Waals surface area contributed by atoms with Gasteiger partial charge in [-0.2, -0.15) is 0 Å². The molecule has 1 aromatic carbocycles. The quantitative estimate of drug-likeness (QED) is 0.871. The van der Waals surface area contributed by atoms with Gasteiger partial charge in [0, 0.05) is 43.3 Å². The van der Waals surface area contributed by atoms with Gasteiger partial charge in [-0.15, -0.1) is 0 Å². The largest absolute Gasteiger partial charge is 0.449 e. The molecule has 1 aliphatic rings. The Kier molecular flexibility index (Phi) is 2.61. The number of fused-ring (bicyclic) bond motifs is 1. The van der Waals surface area contributed by atoms with E-state index in [1.54, 1.807) is 0 Å². The third-order valence-corrected chi connectivity index (χ3v) is 3.36. The van der Waals surface area contributed by atoms with Crippen LogP contribution in [0, 0.1) is 0 Å². The molecule has 1 aliphatic heterocycles. The Bertz CT molecular complexity index is 503. The Hall–Kier alpha value is -1.00. The highest BCUT2D eigenvalue weighted by Gasteiger charge is 2.14. The SMILES string of the molecule is Brc1cc2c(N3CCNCC3)cccc2o1. The van der Waals surface area contributed by atoms with E-state index in [0.29, 0.717) is 0 Å². The zero-order valence-corrected chi connectivity index (χ0v) is 10.5. The molecule has 4 heteroatoms. The fourth-order valence-corrected chi connectivity index (χ4v) is 2.60. The fourth-order valence-electron chi connectivity index (χ4n) is 2.20. The van der Waals surface area contributed by atoms with Crippen LogP contribution in [0.15, 0.2) is 33.4 Å². The number of piperazine rings is 1. The van der Waals surface area contributed by atoms with E-state index in [-0.39, 0.29) is 0 Å². The summed E-state index contributed by atoms with van der Waals surface area (Å²) in [5.41, 5.74) is 2.22. The summed E-state index contributed by atoms with van der Waals surface area (Å²) in [5.74, 6) is 0. The van der Waals surface area contributed by atoms with Crippen LogP contribution in [0.2, 0.25) is 0 Å². The molecule has 3 nitrogen and oxygen atoms in total. The van der Waals surface area contributed by atoms with Crippen molar-refractivity contribution in [2.24, 2.45) is 0 Å². The minimum absolute atomic E-state index is 0.796. The van der Waals surface area contributed by atoms with Gasteiger partial charge in [-0.25, -0.2) is 0 Å². The van der Waals surface area contributed by atoms with Crippen LogP contribution in [0.4, 0.5) is 5.69 Å². The Morgan fingerprint density at radius 2 is 2.06 bits per heavy atom. The van der Waals surface area contributed by atoms with E-state index in [4.69, 9.17) is 4.42 Å². The lowest BCUT2D eigenvalue weighted by atomic mass is 10.2. The molecule has 2 aromatic rings. The van der Waals surface area contributed by atoms with Crippen molar-refractivity contribution in [1.82, 2.24) is 5.32 Å². The molecule has 1 saturated heterocycles. The molecular weight excluding hydrogens is 268 g/mol. The van der Waals surface area contributed by atoms with Crippen molar-refractivity contribution in [3.63, 3.8) is 0 Å². The molecule has 0 spiro atoms. The van der Waals surface area contributed by atoms with Gasteiger partial charge in [0.25, 0.3) is 0 Å². The van der Waals surface area contributed by atoms with Gasteiger partial charge in [-0.05, 0) is 28.1 Å². The maximum atomic E-state index is 5.57. The van der Waals surface area contributed by atoms with Gasteiger partial charge in [0.1, 0.15) is 5.58 Å². The molecule has 1 fully saturated rings. The van der Waals surface area contributed by atoms with E-state index >= 15 is 0 Å². The van der Waals surface area contributed by atoms with Gasteiger partial charge < -0.3 is 14.6 Å². The predicted molar refractivity (Wildman–Crippen MR) is 69.0 cm³/mol. The number of nitrogens with one attached hydrogen (secondary N) is 1. The molecule has 0 bridgehead atoms. The summed E-state index contributed by atoms with van der Waals surface area (Å²) in [6, 6.07) is 8.27. The molecule has 0 atom stereocenters. The van der Waals surface area contributed by atoms with E-state index in [9.17, 15) is 0 Å². The first-order valence-electron chi connectivity index (χ1n) is 5.48. The van der Waals surface area contributed by atoms with Crippen LogP contribution in [0.25, 0.3) is 11.0 Å². The van der Waals surface area contributed by atoms with Crippen molar-refractivity contribution >= 4 is 32.6 Å². The third-order valence-electron chi connectivity index (χ3n) is 2.97. The lowest BCUT2D eigenvalue weighted by Gasteiger charge is -2.29. The maximum Gasteiger partial charge on any atom is 0.170 e. The van der Waals surface area contributed by atoms with Gasteiger partial charge >= 0.3 is 0 Å². The molecule has 1 aromatic heterocycles. The minimum atomic E-state index is 0.796. The van der Waals surface area contributed by atoms with E-state index in [2.05, 4.69) is 38.3 Å². The van der Waals surface area contributed by atoms with Crippen molar-refractivity contribution in [2.45, 2.75) is 0 Å². The molecule has 84 valence electrons. The Balaban J connectivity index is 2.07. The number of hydrogen-bond acceptors (Lipinski definition) is 3. The molecule has 1 N–H and O–H groups in total. The summed E-state index contributed by atoms with van der Waals surface area (Å²) in [6.45, 7) is 4.22. The fraction of sp³-hybridized carbons (Fsp3) is 0.333. The van der Waals surface area contributed by atoms with Crippen LogP contribution in [0.1, 0.15) is 0 Å². The van der Waals surface area contributed by atoms with E-state index in [1.165, 1.54) is 11.1 Å². The van der Waals surface area contributed by atoms with Gasteiger partial charge in [0.15, 0.2) is 4.67 Å². The Morgan fingerprint density at radius 1 is 1.25 bits per heavy atom. The van der Waals surface area contributed by atoms with Crippen LogP contribution >= 0.6 is 15.9 Å². The standard InChI is InChI=1S/C12H13BrN2O/c13-12-8-9-10(2-1-3-11(9)16-12)15-6-4-14-5-7-15/h1-3,8,14H,4-7H2. The number of furan rings is 1. The lowest BCUT2D eigenvalue weighted by molar-refractivity contribution is 0.585. The summed E-state index contributed by atoms with van der Waals surface area (Å²) in [7, 11) is 0. The first-order chi connectivity index (χ1) is 7.84. The van der Waals surface area contributed by atoms with Gasteiger partial charge in [-0.1, -0.05) is 6.07 Å². The first-order valence-corrected chi connectivity index (χ1v) is 6.27. The van der Waals surface area contributed by atoms with Crippen LogP contribution in [0.3, 0.4) is 0 Å². The number of anilines is 1. The first kappa shape index (κ1) is 10.2. The van der Waals surface area contributed by atoms with Crippen molar-refractivity contribution < 1.29 is 4.42 Å². The molecule has 16 heavy (non-hydrogen) atoms. The van der Waals surface area contributed by atoms with E-state index in [0.717, 1.165) is 36.4 Å². The highest BCUT2D eigenvalue weighted by atomic mass is 79.9. The summed E-state index contributed by atoms with van der Waals surface area (Å²) in [5, 5.41) is 4.55. The molecular formula is C12H13BrN2O. The van der Waals surface area contributed by atoms with Crippen molar-refractivity contribution in [1.29, 1.82) is 0 Å². The van der Waals surface area contributed by atoms with Crippen molar-refractivity contribution in [3.8, 4) is 0 Å². The van der Waals surface area contributed by atoms with Gasteiger partial charge in [0.05, 0.1) is 0 Å². The second kappa shape index (κ2) is 4.11. The minimum Gasteiger partial charge on any atom is -0.449 e. The molecule has 0 amide bonds. The predicted octanol–water partition coefficient (Wildman–Crippen LogP) is 2.60. The summed E-state index contributed by atoms with van der Waals surface area (Å²) in [4.78, 5) is 2.40. The zero-order valence-electron chi connectivity index (χ0n) is 8.87. The van der Waals surface area contributed by atoms with E-state index < -0.39 is 0 Å². The van der Waals surface area contributed by atoms with Crippen LogP contribution in [-0.2, 0) is 0 Å². The monoisotopic (exact) mass is 280 g/mol. The number of rotatable bonds is 1. The van der Waals surface area contributed by atoms with Gasteiger partial charge in [0.2, 0.25) is 0 Å². The molecule has 0 saturated carbocycles. The number of halogens is 1. The number of nitrogens with zero attached hydrogens (tertiary/aromatic N) is 1. The van der Waals surface area contributed by atoms with Crippen LogP contribution in [-0.4, -0.2) is 26.2 Å². The molecule has 3 rings (SSSR count). The summed E-state index contributed by atoms with van der Waals surface area (Å²) >= 11 is 3.39. The van der Waals surface area contributed by atoms with Gasteiger partial charge in [-0.3, -0.25) is 0 Å². The average molecular weight is 281 g/mol. The third kappa shape index (κ3) is 1.72. The Labute approximate surface area is 103 Å². The maximum absolute atomic E-state index is 5.57. The highest BCUT2D eigenvalue weighted by Crippen LogP contribution is 2.31. The molecule has 0 aliphatic carbocycles. The molecule has 0 unspecified atom stereocenters. The normalized spacial score (nSPS) is 16.9. The summed E-state index contributed by atoms with van der Waals surface area (Å²) in [6.07, 6.45) is 0. The number of hydrogen-bond donors (Lipinski definition) is 1. The van der Waals surface area contributed by atoms with E-state index in [1.807, 2.05) is 12.1 Å². The lowest BCUT2D eigenvalue weighted by Crippen LogP contribution is -2.43. The topological polar surface area (TPSA) is 28.4 Å². The molecule has 2 heterocycles. The number of benzene rings is 1. The van der Waals surface area contributed by atoms with Crippen LogP contribution in [0.5, 0.6) is 0 Å². The zero-order chi connectivity index (χ0) is 11.0. The average Bonchev–Trinajstić information content (AvgIpc) is 2.70. The Morgan fingerprint density at radius 3 is 2.88 bits per heavy atom. The van der Waals surface area contributed by atoms with Crippen molar-refractivity contribution in [2.75, 3.05) is 31.1 Å². The second-order valence-corrected chi connectivity index (χ2v) is 4.76.